The summed E-state index contributed by atoms with van der Waals surface area (Å²) in [5.74, 6) is 0.0821. The Morgan fingerprint density at radius 3 is 2.34 bits per heavy atom. The van der Waals surface area contributed by atoms with E-state index in [0.29, 0.717) is 31.7 Å². The smallest absolute Gasteiger partial charge is 0.253 e. The lowest BCUT2D eigenvalue weighted by Gasteiger charge is -2.29. The maximum Gasteiger partial charge on any atom is 0.253 e. The predicted octanol–water partition coefficient (Wildman–Crippen LogP) is 1.83. The highest BCUT2D eigenvalue weighted by atomic mass is 16.5. The molecule has 0 saturated carbocycles. The number of carbonyl (C=O) groups excluding carboxylic acids is 2. The van der Waals surface area contributed by atoms with Gasteiger partial charge >= 0.3 is 0 Å². The molecule has 1 aromatic carbocycles. The van der Waals surface area contributed by atoms with Gasteiger partial charge in [0.15, 0.2) is 0 Å². The molecule has 0 aromatic heterocycles. The fourth-order valence-corrected chi connectivity index (χ4v) is 3.28. The van der Waals surface area contributed by atoms with Gasteiger partial charge in [-0.25, -0.2) is 0 Å². The molecular formula is C22H36N4O3. The highest BCUT2D eigenvalue weighted by molar-refractivity contribution is 5.94. The molecule has 7 heteroatoms. The van der Waals surface area contributed by atoms with Crippen LogP contribution in [0.15, 0.2) is 24.3 Å². The number of piperazine rings is 1. The van der Waals surface area contributed by atoms with E-state index in [2.05, 4.69) is 5.32 Å². The number of anilines is 1. The monoisotopic (exact) mass is 404 g/mol. The van der Waals surface area contributed by atoms with E-state index in [4.69, 9.17) is 4.74 Å². The Hall–Kier alpha value is -2.12. The molecule has 0 bridgehead atoms. The van der Waals surface area contributed by atoms with Crippen LogP contribution in [0.25, 0.3) is 0 Å². The molecule has 7 nitrogen and oxygen atoms in total. The fourth-order valence-electron chi connectivity index (χ4n) is 3.28. The minimum Gasteiger partial charge on any atom is -0.379 e. The van der Waals surface area contributed by atoms with Crippen molar-refractivity contribution in [3.05, 3.63) is 29.8 Å². The molecule has 1 N–H and O–H groups in total. The van der Waals surface area contributed by atoms with Gasteiger partial charge in [-0.05, 0) is 44.5 Å². The summed E-state index contributed by atoms with van der Waals surface area (Å²) >= 11 is 0. The quantitative estimate of drug-likeness (QED) is 0.603. The lowest BCUT2D eigenvalue weighted by Crippen LogP contribution is -2.47. The van der Waals surface area contributed by atoms with Gasteiger partial charge in [-0.15, -0.1) is 0 Å². The Kier molecular flexibility index (Phi) is 9.41. The number of hydrogen-bond donors (Lipinski definition) is 1. The van der Waals surface area contributed by atoms with Crippen molar-refractivity contribution in [2.45, 2.75) is 32.8 Å². The largest absolute Gasteiger partial charge is 0.379 e. The van der Waals surface area contributed by atoms with E-state index >= 15 is 0 Å². The van der Waals surface area contributed by atoms with Crippen LogP contribution in [-0.2, 0) is 9.53 Å². The van der Waals surface area contributed by atoms with Gasteiger partial charge in [-0.3, -0.25) is 9.59 Å². The molecule has 1 aliphatic rings. The third kappa shape index (κ3) is 7.66. The Morgan fingerprint density at radius 1 is 1.10 bits per heavy atom. The summed E-state index contributed by atoms with van der Waals surface area (Å²) in [6.45, 7) is 8.75. The van der Waals surface area contributed by atoms with Crippen LogP contribution in [-0.4, -0.2) is 87.7 Å². The van der Waals surface area contributed by atoms with Crippen LogP contribution in [0.2, 0.25) is 0 Å². The molecule has 1 aromatic rings. The van der Waals surface area contributed by atoms with Gasteiger partial charge in [0.1, 0.15) is 0 Å². The van der Waals surface area contributed by atoms with Crippen molar-refractivity contribution in [3.63, 3.8) is 0 Å². The molecule has 2 amide bonds. The summed E-state index contributed by atoms with van der Waals surface area (Å²) in [6.07, 6.45) is 1.28. The summed E-state index contributed by atoms with van der Waals surface area (Å²) in [5.41, 5.74) is 1.70. The zero-order valence-corrected chi connectivity index (χ0v) is 18.3. The third-order valence-corrected chi connectivity index (χ3v) is 5.01. The average molecular weight is 405 g/mol. The van der Waals surface area contributed by atoms with E-state index in [9.17, 15) is 9.59 Å². The van der Waals surface area contributed by atoms with E-state index in [1.165, 1.54) is 0 Å². The first-order valence-electron chi connectivity index (χ1n) is 10.5. The highest BCUT2D eigenvalue weighted by Crippen LogP contribution is 2.14. The number of benzene rings is 1. The van der Waals surface area contributed by atoms with Crippen LogP contribution in [0.5, 0.6) is 0 Å². The number of rotatable bonds is 10. The third-order valence-electron chi connectivity index (χ3n) is 5.01. The minimum atomic E-state index is -0.0343. The van der Waals surface area contributed by atoms with Crippen LogP contribution in [0, 0.1) is 0 Å². The lowest BCUT2D eigenvalue weighted by molar-refractivity contribution is -0.131. The fraction of sp³-hybridized carbons (Fsp3) is 0.636. The van der Waals surface area contributed by atoms with Crippen molar-refractivity contribution in [1.82, 2.24) is 15.1 Å². The molecule has 0 aliphatic carbocycles. The first-order valence-corrected chi connectivity index (χ1v) is 10.5. The van der Waals surface area contributed by atoms with Crippen molar-refractivity contribution in [3.8, 4) is 0 Å². The van der Waals surface area contributed by atoms with E-state index < -0.39 is 0 Å². The van der Waals surface area contributed by atoms with Crippen LogP contribution in [0.1, 0.15) is 37.0 Å². The van der Waals surface area contributed by atoms with Crippen molar-refractivity contribution < 1.29 is 14.3 Å². The normalized spacial score (nSPS) is 14.2. The standard InChI is InChI=1S/C22H36N4O3/c1-18(2)29-17-5-13-26(14-10-21(27)25-15-11-23-12-16-25)22(28)19-6-8-20(9-7-19)24(3)4/h6-9,18,23H,5,10-17H2,1-4H3. The molecule has 1 saturated heterocycles. The second-order valence-electron chi connectivity index (χ2n) is 7.89. The van der Waals surface area contributed by atoms with Crippen molar-refractivity contribution in [2.75, 3.05) is 64.9 Å². The highest BCUT2D eigenvalue weighted by Gasteiger charge is 2.20. The molecule has 1 aliphatic heterocycles. The van der Waals surface area contributed by atoms with E-state index in [1.807, 2.05) is 62.0 Å². The number of ether oxygens (including phenoxy) is 1. The van der Waals surface area contributed by atoms with Gasteiger partial charge in [0.25, 0.3) is 5.91 Å². The minimum absolute atomic E-state index is 0.0343. The zero-order chi connectivity index (χ0) is 21.2. The SMILES string of the molecule is CC(C)OCCCN(CCC(=O)N1CCNCC1)C(=O)c1ccc(N(C)C)cc1. The van der Waals surface area contributed by atoms with Crippen molar-refractivity contribution in [2.24, 2.45) is 0 Å². The zero-order valence-electron chi connectivity index (χ0n) is 18.3. The van der Waals surface area contributed by atoms with Crippen LogP contribution in [0.4, 0.5) is 5.69 Å². The molecule has 0 spiro atoms. The number of carbonyl (C=O) groups is 2. The summed E-state index contributed by atoms with van der Waals surface area (Å²) in [4.78, 5) is 31.3. The van der Waals surface area contributed by atoms with Crippen LogP contribution < -0.4 is 10.2 Å². The second-order valence-corrected chi connectivity index (χ2v) is 7.89. The lowest BCUT2D eigenvalue weighted by atomic mass is 10.1. The molecule has 0 atom stereocenters. The number of hydrogen-bond acceptors (Lipinski definition) is 5. The van der Waals surface area contributed by atoms with Crippen molar-refractivity contribution in [1.29, 1.82) is 0 Å². The maximum absolute atomic E-state index is 13.1. The predicted molar refractivity (Wildman–Crippen MR) is 116 cm³/mol. The summed E-state index contributed by atoms with van der Waals surface area (Å²) in [5, 5.41) is 3.25. The number of amides is 2. The van der Waals surface area contributed by atoms with Gasteiger partial charge in [-0.2, -0.15) is 0 Å². The van der Waals surface area contributed by atoms with Gasteiger partial charge < -0.3 is 24.8 Å². The molecule has 2 rings (SSSR count). The van der Waals surface area contributed by atoms with Gasteiger partial charge in [0, 0.05) is 77.6 Å². The summed E-state index contributed by atoms with van der Waals surface area (Å²) in [6, 6.07) is 7.60. The van der Waals surface area contributed by atoms with Gasteiger partial charge in [0.05, 0.1) is 6.10 Å². The molecule has 1 fully saturated rings. The second kappa shape index (κ2) is 11.8. The Bertz CT molecular complexity index is 640. The van der Waals surface area contributed by atoms with E-state index in [1.54, 1.807) is 4.90 Å². The van der Waals surface area contributed by atoms with Crippen LogP contribution in [0.3, 0.4) is 0 Å². The molecule has 162 valence electrons. The van der Waals surface area contributed by atoms with E-state index in [-0.39, 0.29) is 17.9 Å². The molecular weight excluding hydrogens is 368 g/mol. The van der Waals surface area contributed by atoms with Gasteiger partial charge in [-0.1, -0.05) is 0 Å². The number of nitrogens with zero attached hydrogens (tertiary/aromatic N) is 3. The summed E-state index contributed by atoms with van der Waals surface area (Å²) in [7, 11) is 3.94. The molecule has 0 unspecified atom stereocenters. The molecule has 0 radical (unpaired) electrons. The Labute approximate surface area is 175 Å². The Balaban J connectivity index is 1.98. The Morgan fingerprint density at radius 2 is 1.76 bits per heavy atom. The molecule has 1 heterocycles. The number of nitrogens with one attached hydrogen (secondary N) is 1. The average Bonchev–Trinajstić information content (AvgIpc) is 2.73. The first-order chi connectivity index (χ1) is 13.9. The topological polar surface area (TPSA) is 65.1 Å². The summed E-state index contributed by atoms with van der Waals surface area (Å²) < 4.78 is 5.61. The molecule has 29 heavy (non-hydrogen) atoms. The maximum atomic E-state index is 13.1. The van der Waals surface area contributed by atoms with Gasteiger partial charge in [0.2, 0.25) is 5.91 Å². The van der Waals surface area contributed by atoms with E-state index in [0.717, 1.165) is 38.3 Å². The van der Waals surface area contributed by atoms with Crippen molar-refractivity contribution >= 4 is 17.5 Å². The first kappa shape index (κ1) is 23.2. The van der Waals surface area contributed by atoms with Crippen LogP contribution >= 0.6 is 0 Å².